The third-order valence-corrected chi connectivity index (χ3v) is 5.65. The number of nitrogen functional groups attached to an aromatic ring is 1. The van der Waals surface area contributed by atoms with Crippen molar-refractivity contribution < 1.29 is 4.79 Å². The number of anilines is 1. The highest BCUT2D eigenvalue weighted by Gasteiger charge is 2.23. The number of nitrogens with two attached hydrogens (primary N) is 1. The summed E-state index contributed by atoms with van der Waals surface area (Å²) >= 11 is 0. The van der Waals surface area contributed by atoms with Crippen molar-refractivity contribution in [3.05, 3.63) is 51.2 Å². The lowest BCUT2D eigenvalue weighted by molar-refractivity contribution is 0.100. The van der Waals surface area contributed by atoms with Crippen LogP contribution in [0.3, 0.4) is 0 Å². The van der Waals surface area contributed by atoms with E-state index in [1.165, 1.54) is 32.1 Å². The standard InChI is InChI=1S/C20H22N6O/c21-19-17(10-12-4-2-1-3-5-12)23-18-15-8-6-14(20(27)25-26-22)11-13(15)7-9-16(18)24-19/h6,8,11-12H,1-5,7,9-10H2,(H2,21,24). The van der Waals surface area contributed by atoms with E-state index in [4.69, 9.17) is 16.2 Å². The molecule has 0 radical (unpaired) electrons. The minimum atomic E-state index is -0.563. The van der Waals surface area contributed by atoms with Gasteiger partial charge < -0.3 is 5.73 Å². The number of carbonyl (C=O) groups is 1. The Hall–Kier alpha value is -2.92. The van der Waals surface area contributed by atoms with E-state index in [-0.39, 0.29) is 0 Å². The van der Waals surface area contributed by atoms with Gasteiger partial charge in [-0.2, -0.15) is 0 Å². The molecule has 138 valence electrons. The summed E-state index contributed by atoms with van der Waals surface area (Å²) in [7, 11) is 0. The molecule has 0 bridgehead atoms. The maximum Gasteiger partial charge on any atom is 0.249 e. The highest BCUT2D eigenvalue weighted by Crippen LogP contribution is 2.34. The van der Waals surface area contributed by atoms with Gasteiger partial charge in [-0.1, -0.05) is 44.2 Å². The van der Waals surface area contributed by atoms with Crippen LogP contribution in [-0.2, 0) is 19.3 Å². The quantitative estimate of drug-likeness (QED) is 0.494. The Morgan fingerprint density at radius 3 is 2.81 bits per heavy atom. The minimum Gasteiger partial charge on any atom is -0.382 e. The molecule has 1 saturated carbocycles. The Bertz CT molecular complexity index is 942. The molecule has 1 amide bonds. The van der Waals surface area contributed by atoms with Crippen LogP contribution < -0.4 is 5.73 Å². The number of amides is 1. The summed E-state index contributed by atoms with van der Waals surface area (Å²) in [4.78, 5) is 24.0. The Morgan fingerprint density at radius 2 is 2.04 bits per heavy atom. The topological polar surface area (TPSA) is 118 Å². The summed E-state index contributed by atoms with van der Waals surface area (Å²) in [6.07, 6.45) is 8.75. The van der Waals surface area contributed by atoms with Gasteiger partial charge in [0.15, 0.2) is 0 Å². The summed E-state index contributed by atoms with van der Waals surface area (Å²) in [6.45, 7) is 0. The van der Waals surface area contributed by atoms with Gasteiger partial charge in [-0.15, -0.1) is 0 Å². The van der Waals surface area contributed by atoms with Gasteiger partial charge in [-0.25, -0.2) is 9.97 Å². The van der Waals surface area contributed by atoms with E-state index in [1.807, 2.05) is 6.07 Å². The van der Waals surface area contributed by atoms with Gasteiger partial charge in [0.1, 0.15) is 5.82 Å². The van der Waals surface area contributed by atoms with Crippen LogP contribution in [0.1, 0.15) is 59.4 Å². The fraction of sp³-hybridized carbons (Fsp3) is 0.450. The average Bonchev–Trinajstić information content (AvgIpc) is 2.69. The van der Waals surface area contributed by atoms with E-state index in [2.05, 4.69) is 15.0 Å². The van der Waals surface area contributed by atoms with Crippen LogP contribution in [0.4, 0.5) is 5.82 Å². The van der Waals surface area contributed by atoms with Gasteiger partial charge in [0.2, 0.25) is 5.91 Å². The second kappa shape index (κ2) is 7.37. The molecule has 2 aliphatic rings. The van der Waals surface area contributed by atoms with Crippen molar-refractivity contribution in [1.29, 1.82) is 0 Å². The average molecular weight is 362 g/mol. The fourth-order valence-corrected chi connectivity index (χ4v) is 4.24. The predicted molar refractivity (Wildman–Crippen MR) is 103 cm³/mol. The van der Waals surface area contributed by atoms with Crippen molar-refractivity contribution >= 4 is 11.7 Å². The molecule has 0 atom stereocenters. The summed E-state index contributed by atoms with van der Waals surface area (Å²) in [5, 5.41) is 3.18. The number of azide groups is 1. The fourth-order valence-electron chi connectivity index (χ4n) is 4.24. The first-order valence-electron chi connectivity index (χ1n) is 9.53. The number of carbonyl (C=O) groups excluding carboxylic acids is 1. The molecule has 1 aromatic heterocycles. The normalized spacial score (nSPS) is 16.1. The van der Waals surface area contributed by atoms with Crippen LogP contribution >= 0.6 is 0 Å². The van der Waals surface area contributed by atoms with Gasteiger partial charge in [-0.3, -0.25) is 4.79 Å². The molecule has 1 fully saturated rings. The number of aromatic nitrogens is 2. The van der Waals surface area contributed by atoms with Gasteiger partial charge in [0.25, 0.3) is 0 Å². The molecule has 7 heteroatoms. The molecule has 4 rings (SSSR count). The molecule has 27 heavy (non-hydrogen) atoms. The van der Waals surface area contributed by atoms with E-state index in [0.717, 1.165) is 47.5 Å². The second-order valence-corrected chi connectivity index (χ2v) is 7.43. The first-order chi connectivity index (χ1) is 13.2. The number of rotatable bonds is 3. The molecule has 0 spiro atoms. The monoisotopic (exact) mass is 362 g/mol. The largest absolute Gasteiger partial charge is 0.382 e. The van der Waals surface area contributed by atoms with E-state index < -0.39 is 5.91 Å². The van der Waals surface area contributed by atoms with Gasteiger partial charge in [0.05, 0.1) is 17.1 Å². The number of benzene rings is 1. The van der Waals surface area contributed by atoms with Crippen molar-refractivity contribution in [2.45, 2.75) is 51.4 Å². The Labute approximate surface area is 157 Å². The zero-order valence-corrected chi connectivity index (χ0v) is 15.2. The Balaban J connectivity index is 1.68. The molecule has 1 aromatic carbocycles. The van der Waals surface area contributed by atoms with Crippen LogP contribution in [0.25, 0.3) is 21.7 Å². The molecule has 0 unspecified atom stereocenters. The predicted octanol–water partition coefficient (Wildman–Crippen LogP) is 4.40. The molecule has 7 nitrogen and oxygen atoms in total. The molecular weight excluding hydrogens is 340 g/mol. The van der Waals surface area contributed by atoms with Gasteiger partial charge in [0, 0.05) is 16.0 Å². The molecular formula is C20H22N6O. The van der Waals surface area contributed by atoms with E-state index >= 15 is 0 Å². The minimum absolute atomic E-state index is 0.404. The van der Waals surface area contributed by atoms with Gasteiger partial charge in [-0.05, 0) is 47.5 Å². The molecule has 0 saturated heterocycles. The van der Waals surface area contributed by atoms with Crippen molar-refractivity contribution in [2.24, 2.45) is 11.0 Å². The lowest BCUT2D eigenvalue weighted by Crippen LogP contribution is -2.16. The highest BCUT2D eigenvalue weighted by molar-refractivity contribution is 5.95. The number of aryl methyl sites for hydroxylation is 2. The lowest BCUT2D eigenvalue weighted by atomic mass is 9.85. The summed E-state index contributed by atoms with van der Waals surface area (Å²) < 4.78 is 0. The van der Waals surface area contributed by atoms with Crippen LogP contribution in [0.2, 0.25) is 0 Å². The molecule has 1 heterocycles. The zero-order valence-electron chi connectivity index (χ0n) is 15.2. The Morgan fingerprint density at radius 1 is 1.22 bits per heavy atom. The molecule has 0 aliphatic heterocycles. The van der Waals surface area contributed by atoms with Crippen molar-refractivity contribution in [3.8, 4) is 11.3 Å². The van der Waals surface area contributed by atoms with Crippen LogP contribution in [0.5, 0.6) is 0 Å². The maximum atomic E-state index is 11.8. The first kappa shape index (κ1) is 17.5. The number of hydrogen-bond acceptors (Lipinski definition) is 4. The number of hydrogen-bond donors (Lipinski definition) is 1. The van der Waals surface area contributed by atoms with Gasteiger partial charge >= 0.3 is 0 Å². The van der Waals surface area contributed by atoms with E-state index in [0.29, 0.717) is 17.3 Å². The Kier molecular flexibility index (Phi) is 4.77. The second-order valence-electron chi connectivity index (χ2n) is 7.43. The van der Waals surface area contributed by atoms with E-state index in [9.17, 15) is 4.79 Å². The lowest BCUT2D eigenvalue weighted by Gasteiger charge is -2.24. The number of nitrogens with zero attached hydrogens (tertiary/aromatic N) is 5. The van der Waals surface area contributed by atoms with Crippen LogP contribution in [0, 0.1) is 5.92 Å². The first-order valence-corrected chi connectivity index (χ1v) is 9.53. The summed E-state index contributed by atoms with van der Waals surface area (Å²) in [5.74, 6) is 0.630. The molecule has 2 N–H and O–H groups in total. The third kappa shape index (κ3) is 3.51. The van der Waals surface area contributed by atoms with Crippen LogP contribution in [-0.4, -0.2) is 15.9 Å². The third-order valence-electron chi connectivity index (χ3n) is 5.65. The van der Waals surface area contributed by atoms with Crippen LogP contribution in [0.15, 0.2) is 23.3 Å². The summed E-state index contributed by atoms with van der Waals surface area (Å²) in [5.41, 5.74) is 19.8. The summed E-state index contributed by atoms with van der Waals surface area (Å²) in [6, 6.07) is 5.36. The smallest absolute Gasteiger partial charge is 0.249 e. The zero-order chi connectivity index (χ0) is 18.8. The molecule has 2 aromatic rings. The number of fused-ring (bicyclic) bond motifs is 3. The van der Waals surface area contributed by atoms with Crippen molar-refractivity contribution in [2.75, 3.05) is 5.73 Å². The maximum absolute atomic E-state index is 11.8. The van der Waals surface area contributed by atoms with E-state index in [1.54, 1.807) is 12.1 Å². The van der Waals surface area contributed by atoms with Crippen molar-refractivity contribution in [3.63, 3.8) is 0 Å². The molecule has 2 aliphatic carbocycles. The van der Waals surface area contributed by atoms with Crippen molar-refractivity contribution in [1.82, 2.24) is 9.97 Å². The highest BCUT2D eigenvalue weighted by atomic mass is 16.1. The SMILES string of the molecule is [N-]=[N+]=NC(=O)c1ccc2c(c1)CCc1nc(N)c(CC3CCCCC3)nc1-2.